The molecule has 2 unspecified atom stereocenters. The van der Waals surface area contributed by atoms with Gasteiger partial charge in [-0.3, -0.25) is 0 Å². The van der Waals surface area contributed by atoms with Crippen LogP contribution >= 0.6 is 0 Å². The molecule has 0 saturated carbocycles. The molecule has 0 bridgehead atoms. The summed E-state index contributed by atoms with van der Waals surface area (Å²) < 4.78 is 11.2. The maximum absolute atomic E-state index is 6.05. The summed E-state index contributed by atoms with van der Waals surface area (Å²) >= 11 is 0. The van der Waals surface area contributed by atoms with E-state index in [1.807, 2.05) is 12.1 Å². The van der Waals surface area contributed by atoms with Crippen molar-refractivity contribution in [2.24, 2.45) is 0 Å². The van der Waals surface area contributed by atoms with E-state index >= 15 is 0 Å². The van der Waals surface area contributed by atoms with E-state index in [2.05, 4.69) is 31.3 Å². The number of nitrogens with one attached hydrogen (secondary N) is 1. The van der Waals surface area contributed by atoms with E-state index in [1.165, 1.54) is 5.56 Å². The molecule has 1 aliphatic rings. The quantitative estimate of drug-likeness (QED) is 0.889. The lowest BCUT2D eigenvalue weighted by molar-refractivity contribution is -0.101. The Hall–Kier alpha value is -1.06. The summed E-state index contributed by atoms with van der Waals surface area (Å²) in [5.74, 6) is 0.911. The summed E-state index contributed by atoms with van der Waals surface area (Å²) in [6.07, 6.45) is 2.38. The van der Waals surface area contributed by atoms with E-state index in [0.717, 1.165) is 31.7 Å². The minimum Gasteiger partial charge on any atom is -0.497 e. The predicted octanol–water partition coefficient (Wildman–Crippen LogP) is 2.39. The molecule has 1 heterocycles. The molecule has 0 aliphatic carbocycles. The zero-order valence-electron chi connectivity index (χ0n) is 11.5. The molecule has 2 rings (SSSR count). The highest BCUT2D eigenvalue weighted by molar-refractivity contribution is 5.27. The van der Waals surface area contributed by atoms with Crippen LogP contribution in [-0.4, -0.2) is 31.9 Å². The number of hydrogen-bond donors (Lipinski definition) is 1. The Kier molecular flexibility index (Phi) is 4.25. The minimum absolute atomic E-state index is 0.0441. The minimum atomic E-state index is -0.0441. The summed E-state index contributed by atoms with van der Waals surface area (Å²) in [5, 5.41) is 3.43. The first kappa shape index (κ1) is 13.4. The monoisotopic (exact) mass is 249 g/mol. The van der Waals surface area contributed by atoms with Crippen LogP contribution in [0.5, 0.6) is 5.75 Å². The van der Waals surface area contributed by atoms with Gasteiger partial charge in [0.15, 0.2) is 0 Å². The number of morpholine rings is 1. The fraction of sp³-hybridized carbons (Fsp3) is 0.600. The van der Waals surface area contributed by atoms with Gasteiger partial charge in [0.2, 0.25) is 0 Å². The lowest BCUT2D eigenvalue weighted by Crippen LogP contribution is -2.51. The van der Waals surface area contributed by atoms with E-state index < -0.39 is 0 Å². The molecule has 1 aromatic rings. The third-order valence-corrected chi connectivity index (χ3v) is 3.52. The molecule has 0 amide bonds. The molecular formula is C15H23NO2. The normalized spacial score (nSPS) is 28.1. The lowest BCUT2D eigenvalue weighted by atomic mass is 9.95. The Bertz CT molecular complexity index is 377. The number of ether oxygens (including phenoxy) is 2. The van der Waals surface area contributed by atoms with E-state index in [9.17, 15) is 0 Å². The van der Waals surface area contributed by atoms with Gasteiger partial charge < -0.3 is 14.8 Å². The van der Waals surface area contributed by atoms with E-state index in [1.54, 1.807) is 7.11 Å². The number of aryl methyl sites for hydroxylation is 1. The fourth-order valence-electron chi connectivity index (χ4n) is 2.46. The van der Waals surface area contributed by atoms with Crippen LogP contribution in [0.25, 0.3) is 0 Å². The van der Waals surface area contributed by atoms with Crippen LogP contribution in [0.4, 0.5) is 0 Å². The summed E-state index contributed by atoms with van der Waals surface area (Å²) in [7, 11) is 1.69. The molecule has 1 saturated heterocycles. The average Bonchev–Trinajstić information content (AvgIpc) is 2.37. The Morgan fingerprint density at radius 2 is 2.11 bits per heavy atom. The molecule has 18 heavy (non-hydrogen) atoms. The van der Waals surface area contributed by atoms with Gasteiger partial charge in [0.1, 0.15) is 5.75 Å². The summed E-state index contributed by atoms with van der Waals surface area (Å²) in [6.45, 7) is 6.21. The summed E-state index contributed by atoms with van der Waals surface area (Å²) in [4.78, 5) is 0. The van der Waals surface area contributed by atoms with Gasteiger partial charge in [-0.1, -0.05) is 12.1 Å². The van der Waals surface area contributed by atoms with Gasteiger partial charge in [-0.2, -0.15) is 0 Å². The second kappa shape index (κ2) is 5.72. The van der Waals surface area contributed by atoms with Crippen LogP contribution in [-0.2, 0) is 11.2 Å². The Morgan fingerprint density at radius 1 is 1.39 bits per heavy atom. The Balaban J connectivity index is 1.89. The molecule has 100 valence electrons. The molecule has 1 aromatic carbocycles. The van der Waals surface area contributed by atoms with Crippen molar-refractivity contribution in [2.45, 2.75) is 38.4 Å². The van der Waals surface area contributed by atoms with Crippen LogP contribution in [0.15, 0.2) is 24.3 Å². The van der Waals surface area contributed by atoms with Crippen molar-refractivity contribution in [3.05, 3.63) is 29.8 Å². The topological polar surface area (TPSA) is 30.5 Å². The molecule has 3 heteroatoms. The molecule has 3 nitrogen and oxygen atoms in total. The number of benzene rings is 1. The maximum Gasteiger partial charge on any atom is 0.118 e. The SMILES string of the molecule is COc1ccc(CCC2(C)CNCC(C)O2)cc1. The fourth-order valence-corrected chi connectivity index (χ4v) is 2.46. The second-order valence-electron chi connectivity index (χ2n) is 5.36. The number of hydrogen-bond acceptors (Lipinski definition) is 3. The van der Waals surface area contributed by atoms with Gasteiger partial charge >= 0.3 is 0 Å². The zero-order chi connectivity index (χ0) is 13.0. The smallest absolute Gasteiger partial charge is 0.118 e. The highest BCUT2D eigenvalue weighted by Gasteiger charge is 2.30. The van der Waals surface area contributed by atoms with Gasteiger partial charge in [-0.05, 0) is 44.4 Å². The zero-order valence-corrected chi connectivity index (χ0v) is 11.5. The van der Waals surface area contributed by atoms with Gasteiger partial charge in [0.05, 0.1) is 18.8 Å². The summed E-state index contributed by atoms with van der Waals surface area (Å²) in [5.41, 5.74) is 1.29. The molecule has 0 spiro atoms. The van der Waals surface area contributed by atoms with Crippen molar-refractivity contribution in [3.8, 4) is 5.75 Å². The molecule has 1 N–H and O–H groups in total. The lowest BCUT2D eigenvalue weighted by Gasteiger charge is -2.38. The standard InChI is InChI=1S/C15H23NO2/c1-12-10-16-11-15(2,18-12)9-8-13-4-6-14(17-3)7-5-13/h4-7,12,16H,8-11H2,1-3H3. The van der Waals surface area contributed by atoms with Crippen LogP contribution in [0, 0.1) is 0 Å². The van der Waals surface area contributed by atoms with E-state index in [0.29, 0.717) is 6.10 Å². The third-order valence-electron chi connectivity index (χ3n) is 3.52. The van der Waals surface area contributed by atoms with Gasteiger partial charge in [0.25, 0.3) is 0 Å². The molecule has 0 aromatic heterocycles. The van der Waals surface area contributed by atoms with Crippen LogP contribution < -0.4 is 10.1 Å². The van der Waals surface area contributed by atoms with Crippen LogP contribution in [0.3, 0.4) is 0 Å². The molecular weight excluding hydrogens is 226 g/mol. The first-order chi connectivity index (χ1) is 8.61. The van der Waals surface area contributed by atoms with Crippen LogP contribution in [0.1, 0.15) is 25.8 Å². The Morgan fingerprint density at radius 3 is 2.72 bits per heavy atom. The average molecular weight is 249 g/mol. The third kappa shape index (κ3) is 3.47. The van der Waals surface area contributed by atoms with Crippen molar-refractivity contribution < 1.29 is 9.47 Å². The molecule has 0 radical (unpaired) electrons. The first-order valence-corrected chi connectivity index (χ1v) is 6.63. The number of rotatable bonds is 4. The van der Waals surface area contributed by atoms with Gasteiger partial charge in [0, 0.05) is 13.1 Å². The second-order valence-corrected chi connectivity index (χ2v) is 5.36. The first-order valence-electron chi connectivity index (χ1n) is 6.63. The van der Waals surface area contributed by atoms with Gasteiger partial charge in [-0.15, -0.1) is 0 Å². The number of methoxy groups -OCH3 is 1. The highest BCUT2D eigenvalue weighted by Crippen LogP contribution is 2.23. The maximum atomic E-state index is 6.05. The van der Waals surface area contributed by atoms with Crippen molar-refractivity contribution in [2.75, 3.05) is 20.2 Å². The van der Waals surface area contributed by atoms with Crippen molar-refractivity contribution in [3.63, 3.8) is 0 Å². The molecule has 1 fully saturated rings. The van der Waals surface area contributed by atoms with E-state index in [4.69, 9.17) is 9.47 Å². The largest absolute Gasteiger partial charge is 0.497 e. The van der Waals surface area contributed by atoms with Gasteiger partial charge in [-0.25, -0.2) is 0 Å². The van der Waals surface area contributed by atoms with Crippen molar-refractivity contribution in [1.29, 1.82) is 0 Å². The molecule has 2 atom stereocenters. The molecule has 1 aliphatic heterocycles. The summed E-state index contributed by atoms with van der Waals surface area (Å²) in [6, 6.07) is 8.28. The Labute approximate surface area is 109 Å². The van der Waals surface area contributed by atoms with Crippen molar-refractivity contribution in [1.82, 2.24) is 5.32 Å². The van der Waals surface area contributed by atoms with Crippen molar-refractivity contribution >= 4 is 0 Å². The highest BCUT2D eigenvalue weighted by atomic mass is 16.5. The van der Waals surface area contributed by atoms with E-state index in [-0.39, 0.29) is 5.60 Å². The van der Waals surface area contributed by atoms with Crippen LogP contribution in [0.2, 0.25) is 0 Å². The predicted molar refractivity (Wildman–Crippen MR) is 73.1 cm³/mol.